The van der Waals surface area contributed by atoms with Crippen molar-refractivity contribution in [2.75, 3.05) is 24.7 Å². The highest BCUT2D eigenvalue weighted by atomic mass is 32.2. The molecule has 162 valence electrons. The van der Waals surface area contributed by atoms with E-state index in [1.165, 1.54) is 22.1 Å². The van der Waals surface area contributed by atoms with Crippen molar-refractivity contribution in [2.24, 2.45) is 7.05 Å². The normalized spacial score (nSPS) is 17.6. The van der Waals surface area contributed by atoms with Crippen LogP contribution in [-0.4, -0.2) is 58.1 Å². The maximum absolute atomic E-state index is 12.5. The van der Waals surface area contributed by atoms with Crippen molar-refractivity contribution >= 4 is 27.4 Å². The van der Waals surface area contributed by atoms with E-state index in [0.29, 0.717) is 36.5 Å². The van der Waals surface area contributed by atoms with Crippen molar-refractivity contribution in [1.82, 2.24) is 18.7 Å². The molecule has 0 saturated carbocycles. The lowest BCUT2D eigenvalue weighted by Crippen LogP contribution is -2.39. The van der Waals surface area contributed by atoms with Gasteiger partial charge in [-0.2, -0.15) is 5.10 Å². The van der Waals surface area contributed by atoms with Crippen LogP contribution in [0.2, 0.25) is 0 Å². The molecule has 2 aromatic rings. The zero-order chi connectivity index (χ0) is 22.1. The van der Waals surface area contributed by atoms with E-state index in [1.54, 1.807) is 31.3 Å². The number of aromatic nitrogens is 3. The van der Waals surface area contributed by atoms with Gasteiger partial charge in [0.2, 0.25) is 15.9 Å². The van der Waals surface area contributed by atoms with Crippen molar-refractivity contribution in [3.05, 3.63) is 46.1 Å². The molecule has 1 aromatic carbocycles. The lowest BCUT2D eigenvalue weighted by atomic mass is 9.99. The van der Waals surface area contributed by atoms with Gasteiger partial charge in [0.15, 0.2) is 5.78 Å². The van der Waals surface area contributed by atoms with Crippen LogP contribution < -0.4 is 11.0 Å². The third kappa shape index (κ3) is 4.85. The second-order valence-electron chi connectivity index (χ2n) is 7.50. The highest BCUT2D eigenvalue weighted by Crippen LogP contribution is 2.26. The number of Topliss-reactive ketones (excluding diaryl/α,β-unsaturated/α-hetero) is 1. The summed E-state index contributed by atoms with van der Waals surface area (Å²) >= 11 is 0. The van der Waals surface area contributed by atoms with Gasteiger partial charge in [-0.1, -0.05) is 0 Å². The van der Waals surface area contributed by atoms with Crippen LogP contribution >= 0.6 is 0 Å². The zero-order valence-electron chi connectivity index (χ0n) is 17.2. The Balaban J connectivity index is 1.72. The number of piperidine rings is 1. The minimum absolute atomic E-state index is 0.0717. The first kappa shape index (κ1) is 21.9. The van der Waals surface area contributed by atoms with Crippen LogP contribution in [0, 0.1) is 0 Å². The van der Waals surface area contributed by atoms with E-state index in [9.17, 15) is 22.8 Å². The number of ketones is 1. The first-order chi connectivity index (χ1) is 14.1. The molecule has 1 aromatic heterocycles. The van der Waals surface area contributed by atoms with Crippen LogP contribution in [-0.2, 0) is 28.4 Å². The van der Waals surface area contributed by atoms with Gasteiger partial charge in [0.25, 0.3) is 0 Å². The lowest BCUT2D eigenvalue weighted by Gasteiger charge is -2.30. The SMILES string of the molecule is CC(=O)c1ccc(NC(=O)Cn2nc([C@@H]3CCCN(S(C)(=O)=O)C3)n(C)c2=O)cc1. The van der Waals surface area contributed by atoms with Gasteiger partial charge in [-0.15, -0.1) is 0 Å². The molecule has 0 aliphatic carbocycles. The summed E-state index contributed by atoms with van der Waals surface area (Å²) in [6, 6.07) is 6.45. The van der Waals surface area contributed by atoms with Crippen LogP contribution in [0.25, 0.3) is 0 Å². The Labute approximate surface area is 174 Å². The summed E-state index contributed by atoms with van der Waals surface area (Å²) in [5, 5.41) is 6.98. The molecular weight excluding hydrogens is 410 g/mol. The predicted octanol–water partition coefficient (Wildman–Crippen LogP) is 0.562. The maximum atomic E-state index is 12.5. The minimum Gasteiger partial charge on any atom is -0.324 e. The van der Waals surface area contributed by atoms with E-state index in [-0.39, 0.29) is 24.8 Å². The van der Waals surface area contributed by atoms with Gasteiger partial charge < -0.3 is 5.32 Å². The van der Waals surface area contributed by atoms with Gasteiger partial charge in [-0.05, 0) is 44.0 Å². The first-order valence-electron chi connectivity index (χ1n) is 9.56. The molecule has 2 heterocycles. The van der Waals surface area contributed by atoms with E-state index in [2.05, 4.69) is 10.4 Å². The summed E-state index contributed by atoms with van der Waals surface area (Å²) in [4.78, 5) is 36.2. The average molecular weight is 436 g/mol. The molecule has 0 spiro atoms. The molecule has 1 N–H and O–H groups in total. The Bertz CT molecular complexity index is 1120. The third-order valence-corrected chi connectivity index (χ3v) is 6.43. The summed E-state index contributed by atoms with van der Waals surface area (Å²) in [7, 11) is -1.75. The van der Waals surface area contributed by atoms with Crippen LogP contribution in [0.4, 0.5) is 5.69 Å². The van der Waals surface area contributed by atoms with E-state index in [1.807, 2.05) is 0 Å². The number of hydrogen-bond acceptors (Lipinski definition) is 6. The molecule has 1 aliphatic rings. The predicted molar refractivity (Wildman–Crippen MR) is 111 cm³/mol. The zero-order valence-corrected chi connectivity index (χ0v) is 18.0. The monoisotopic (exact) mass is 435 g/mol. The number of rotatable bonds is 6. The van der Waals surface area contributed by atoms with Crippen molar-refractivity contribution < 1.29 is 18.0 Å². The number of carbonyl (C=O) groups excluding carboxylic acids is 2. The fourth-order valence-corrected chi connectivity index (χ4v) is 4.45. The third-order valence-electron chi connectivity index (χ3n) is 5.16. The van der Waals surface area contributed by atoms with E-state index in [0.717, 1.165) is 4.68 Å². The Hall–Kier alpha value is -2.79. The molecule has 0 unspecified atom stereocenters. The number of carbonyl (C=O) groups is 2. The van der Waals surface area contributed by atoms with Crippen LogP contribution in [0.5, 0.6) is 0 Å². The Morgan fingerprint density at radius 3 is 2.50 bits per heavy atom. The minimum atomic E-state index is -3.32. The number of nitrogens with zero attached hydrogens (tertiary/aromatic N) is 4. The molecule has 30 heavy (non-hydrogen) atoms. The molecule has 0 bridgehead atoms. The number of anilines is 1. The van der Waals surface area contributed by atoms with Crippen molar-refractivity contribution in [3.8, 4) is 0 Å². The summed E-state index contributed by atoms with van der Waals surface area (Å²) in [5.74, 6) is -0.252. The van der Waals surface area contributed by atoms with Crippen LogP contribution in [0.1, 0.15) is 41.9 Å². The number of nitrogens with one attached hydrogen (secondary N) is 1. The number of benzene rings is 1. The Morgan fingerprint density at radius 1 is 1.23 bits per heavy atom. The second-order valence-corrected chi connectivity index (χ2v) is 9.48. The van der Waals surface area contributed by atoms with Crippen LogP contribution in [0.15, 0.2) is 29.1 Å². The quantitative estimate of drug-likeness (QED) is 0.662. The lowest BCUT2D eigenvalue weighted by molar-refractivity contribution is -0.117. The number of hydrogen-bond donors (Lipinski definition) is 1. The van der Waals surface area contributed by atoms with Crippen molar-refractivity contribution in [3.63, 3.8) is 0 Å². The van der Waals surface area contributed by atoms with Crippen molar-refractivity contribution in [2.45, 2.75) is 32.2 Å². The van der Waals surface area contributed by atoms with E-state index >= 15 is 0 Å². The Morgan fingerprint density at radius 2 is 1.90 bits per heavy atom. The molecular formula is C19H25N5O5S. The summed E-state index contributed by atoms with van der Waals surface area (Å²) in [6.07, 6.45) is 2.56. The van der Waals surface area contributed by atoms with E-state index in [4.69, 9.17) is 0 Å². The number of amides is 1. The molecule has 0 radical (unpaired) electrons. The molecule has 10 nitrogen and oxygen atoms in total. The summed E-state index contributed by atoms with van der Waals surface area (Å²) in [5.41, 5.74) is 0.600. The fraction of sp³-hybridized carbons (Fsp3) is 0.474. The summed E-state index contributed by atoms with van der Waals surface area (Å²) in [6.45, 7) is 1.90. The van der Waals surface area contributed by atoms with Gasteiger partial charge in [0, 0.05) is 37.3 Å². The fourth-order valence-electron chi connectivity index (χ4n) is 3.54. The smallest absolute Gasteiger partial charge is 0.324 e. The molecule has 1 fully saturated rings. The maximum Gasteiger partial charge on any atom is 0.346 e. The van der Waals surface area contributed by atoms with Gasteiger partial charge in [0.1, 0.15) is 12.4 Å². The van der Waals surface area contributed by atoms with E-state index < -0.39 is 21.6 Å². The molecule has 1 atom stereocenters. The molecule has 11 heteroatoms. The summed E-state index contributed by atoms with van der Waals surface area (Å²) < 4.78 is 27.6. The molecule has 3 rings (SSSR count). The van der Waals surface area contributed by atoms with Gasteiger partial charge in [-0.3, -0.25) is 14.2 Å². The van der Waals surface area contributed by atoms with Crippen LogP contribution in [0.3, 0.4) is 0 Å². The van der Waals surface area contributed by atoms with Gasteiger partial charge >= 0.3 is 5.69 Å². The standard InChI is InChI=1S/C19H25N5O5S/c1-13(25)14-6-8-16(9-7-14)20-17(26)12-24-19(27)22(2)18(21-24)15-5-4-10-23(11-15)30(3,28)29/h6-9,15H,4-5,10-12H2,1-3H3,(H,20,26)/t15-/m1/s1. The highest BCUT2D eigenvalue weighted by Gasteiger charge is 2.30. The largest absolute Gasteiger partial charge is 0.346 e. The average Bonchev–Trinajstić information content (AvgIpc) is 2.96. The van der Waals surface area contributed by atoms with Gasteiger partial charge in [-0.25, -0.2) is 22.2 Å². The second kappa shape index (κ2) is 8.52. The molecule has 1 aliphatic heterocycles. The Kier molecular flexibility index (Phi) is 6.22. The highest BCUT2D eigenvalue weighted by molar-refractivity contribution is 7.88. The number of sulfonamides is 1. The van der Waals surface area contributed by atoms with Gasteiger partial charge in [0.05, 0.1) is 6.26 Å². The molecule has 1 saturated heterocycles. The first-order valence-corrected chi connectivity index (χ1v) is 11.4. The topological polar surface area (TPSA) is 123 Å². The molecule has 1 amide bonds. The van der Waals surface area contributed by atoms with Crippen molar-refractivity contribution in [1.29, 1.82) is 0 Å².